The first-order chi connectivity index (χ1) is 16.2. The molecule has 168 valence electrons. The van der Waals surface area contributed by atoms with Crippen molar-refractivity contribution in [3.8, 4) is 5.75 Å². The Bertz CT molecular complexity index is 1280. The van der Waals surface area contributed by atoms with E-state index in [1.807, 2.05) is 36.4 Å². The molecule has 1 fully saturated rings. The lowest BCUT2D eigenvalue weighted by atomic mass is 10.0. The van der Waals surface area contributed by atoms with E-state index in [1.165, 1.54) is 5.39 Å². The molecule has 1 aliphatic rings. The van der Waals surface area contributed by atoms with Crippen LogP contribution >= 0.6 is 0 Å². The lowest BCUT2D eigenvalue weighted by Crippen LogP contribution is -2.44. The van der Waals surface area contributed by atoms with Crippen LogP contribution < -0.4 is 10.1 Å². The van der Waals surface area contributed by atoms with Crippen LogP contribution in [-0.2, 0) is 6.54 Å². The number of carbonyl (C=O) groups is 1. The van der Waals surface area contributed by atoms with Crippen molar-refractivity contribution in [1.82, 2.24) is 20.2 Å². The van der Waals surface area contributed by atoms with Gasteiger partial charge in [0.1, 0.15) is 5.75 Å². The average Bonchev–Trinajstić information content (AvgIpc) is 2.87. The largest absolute Gasteiger partial charge is 0.497 e. The molecule has 1 saturated heterocycles. The molecule has 1 N–H and O–H groups in total. The molecule has 0 saturated carbocycles. The zero-order valence-electron chi connectivity index (χ0n) is 18.8. The van der Waals surface area contributed by atoms with E-state index < -0.39 is 0 Å². The number of fused-ring (bicyclic) bond motifs is 2. The second-order valence-corrected chi connectivity index (χ2v) is 8.59. The Morgan fingerprint density at radius 2 is 1.91 bits per heavy atom. The average molecular weight is 441 g/mol. The van der Waals surface area contributed by atoms with Gasteiger partial charge >= 0.3 is 0 Å². The topological polar surface area (TPSA) is 67.3 Å². The fourth-order valence-electron chi connectivity index (χ4n) is 4.53. The van der Waals surface area contributed by atoms with Gasteiger partial charge in [0.2, 0.25) is 0 Å². The third-order valence-corrected chi connectivity index (χ3v) is 6.43. The predicted octanol–water partition coefficient (Wildman–Crippen LogP) is 4.23. The molecular formula is C27H28N4O2. The first-order valence-corrected chi connectivity index (χ1v) is 11.5. The van der Waals surface area contributed by atoms with Crippen LogP contribution in [0, 0.1) is 0 Å². The summed E-state index contributed by atoms with van der Waals surface area (Å²) in [7, 11) is 1.63. The lowest BCUT2D eigenvalue weighted by molar-refractivity contribution is 0.0905. The van der Waals surface area contributed by atoms with Crippen molar-refractivity contribution in [2.75, 3.05) is 26.7 Å². The van der Waals surface area contributed by atoms with Crippen molar-refractivity contribution >= 4 is 27.6 Å². The summed E-state index contributed by atoms with van der Waals surface area (Å²) in [6.45, 7) is 3.00. The predicted molar refractivity (Wildman–Crippen MR) is 131 cm³/mol. The Morgan fingerprint density at radius 3 is 2.76 bits per heavy atom. The maximum absolute atomic E-state index is 13.1. The number of hydrogen-bond donors (Lipinski definition) is 1. The Hall–Kier alpha value is -3.35. The molecule has 0 bridgehead atoms. The van der Waals surface area contributed by atoms with Gasteiger partial charge in [0.05, 0.1) is 30.4 Å². The standard InChI is InChI=1S/C27H28N4O2/c1-33-22-8-9-26-24(16-22)23(10-13-28-26)27(32)18-31-14-11-20(12-15-31)29-17-21-7-6-19-4-2-3-5-25(19)30-21/h2-10,13,16,20,29H,11-12,14-15,17-18H2,1H3. The minimum Gasteiger partial charge on any atom is -0.497 e. The maximum Gasteiger partial charge on any atom is 0.177 e. The number of hydrogen-bond acceptors (Lipinski definition) is 6. The molecule has 2 aromatic heterocycles. The number of nitrogens with zero attached hydrogens (tertiary/aromatic N) is 3. The molecule has 2 aromatic carbocycles. The fourth-order valence-corrected chi connectivity index (χ4v) is 4.53. The number of rotatable bonds is 7. The molecule has 5 rings (SSSR count). The number of benzene rings is 2. The van der Waals surface area contributed by atoms with Gasteiger partial charge in [-0.3, -0.25) is 19.7 Å². The highest BCUT2D eigenvalue weighted by Gasteiger charge is 2.22. The third-order valence-electron chi connectivity index (χ3n) is 6.43. The summed E-state index contributed by atoms with van der Waals surface area (Å²) >= 11 is 0. The molecule has 1 aliphatic heterocycles. The lowest BCUT2D eigenvalue weighted by Gasteiger charge is -2.32. The van der Waals surface area contributed by atoms with Crippen LogP contribution in [0.25, 0.3) is 21.8 Å². The Kier molecular flexibility index (Phi) is 6.28. The summed E-state index contributed by atoms with van der Waals surface area (Å²) in [5.74, 6) is 0.861. The Balaban J connectivity index is 1.16. The van der Waals surface area contributed by atoms with Gasteiger partial charge in [0, 0.05) is 48.2 Å². The smallest absolute Gasteiger partial charge is 0.177 e. The molecule has 0 unspecified atom stereocenters. The number of methoxy groups -OCH3 is 1. The van der Waals surface area contributed by atoms with E-state index >= 15 is 0 Å². The molecule has 0 radical (unpaired) electrons. The van der Waals surface area contributed by atoms with Crippen LogP contribution in [0.4, 0.5) is 0 Å². The van der Waals surface area contributed by atoms with Crippen LogP contribution in [-0.4, -0.2) is 53.4 Å². The fraction of sp³-hybridized carbons (Fsp3) is 0.296. The van der Waals surface area contributed by atoms with Gasteiger partial charge in [-0.1, -0.05) is 24.3 Å². The van der Waals surface area contributed by atoms with E-state index in [9.17, 15) is 4.79 Å². The highest BCUT2D eigenvalue weighted by molar-refractivity contribution is 6.08. The monoisotopic (exact) mass is 440 g/mol. The zero-order valence-corrected chi connectivity index (χ0v) is 18.8. The first-order valence-electron chi connectivity index (χ1n) is 11.5. The summed E-state index contributed by atoms with van der Waals surface area (Å²) in [5.41, 5.74) is 3.62. The van der Waals surface area contributed by atoms with Gasteiger partial charge in [0.25, 0.3) is 0 Å². The number of pyridine rings is 2. The molecule has 4 aromatic rings. The minimum absolute atomic E-state index is 0.127. The number of piperidine rings is 1. The zero-order chi connectivity index (χ0) is 22.6. The normalized spacial score (nSPS) is 15.2. The van der Waals surface area contributed by atoms with Gasteiger partial charge in [-0.05, 0) is 49.2 Å². The van der Waals surface area contributed by atoms with Crippen LogP contribution in [0.3, 0.4) is 0 Å². The molecule has 6 nitrogen and oxygen atoms in total. The van der Waals surface area contributed by atoms with Gasteiger partial charge < -0.3 is 10.1 Å². The number of carbonyl (C=O) groups excluding carboxylic acids is 1. The van der Waals surface area contributed by atoms with E-state index in [0.29, 0.717) is 18.2 Å². The number of Topliss-reactive ketones (excluding diaryl/α,β-unsaturated/α-hetero) is 1. The molecule has 6 heteroatoms. The molecule has 3 heterocycles. The van der Waals surface area contributed by atoms with E-state index in [2.05, 4.69) is 39.5 Å². The van der Waals surface area contributed by atoms with Crippen molar-refractivity contribution < 1.29 is 9.53 Å². The van der Waals surface area contributed by atoms with Crippen molar-refractivity contribution in [2.24, 2.45) is 0 Å². The number of nitrogens with one attached hydrogen (secondary N) is 1. The highest BCUT2D eigenvalue weighted by atomic mass is 16.5. The van der Waals surface area contributed by atoms with Crippen molar-refractivity contribution in [1.29, 1.82) is 0 Å². The molecule has 0 amide bonds. The summed E-state index contributed by atoms with van der Waals surface area (Å²) in [4.78, 5) is 24.5. The van der Waals surface area contributed by atoms with Crippen molar-refractivity contribution in [3.05, 3.63) is 78.1 Å². The summed E-state index contributed by atoms with van der Waals surface area (Å²) in [6, 6.07) is 20.3. The van der Waals surface area contributed by atoms with E-state index in [-0.39, 0.29) is 5.78 Å². The van der Waals surface area contributed by atoms with Crippen molar-refractivity contribution in [2.45, 2.75) is 25.4 Å². The molecule has 0 aliphatic carbocycles. The van der Waals surface area contributed by atoms with Crippen LogP contribution in [0.5, 0.6) is 5.75 Å². The van der Waals surface area contributed by atoms with Crippen LogP contribution in [0.2, 0.25) is 0 Å². The maximum atomic E-state index is 13.1. The first kappa shape index (κ1) is 21.5. The van der Waals surface area contributed by atoms with Gasteiger partial charge in [-0.25, -0.2) is 0 Å². The quantitative estimate of drug-likeness (QED) is 0.434. The third kappa shape index (κ3) is 4.87. The Labute approximate surface area is 193 Å². The molecule has 33 heavy (non-hydrogen) atoms. The summed E-state index contributed by atoms with van der Waals surface area (Å²) in [6.07, 6.45) is 3.75. The van der Waals surface area contributed by atoms with Crippen LogP contribution in [0.1, 0.15) is 28.9 Å². The number of ketones is 1. The minimum atomic E-state index is 0.127. The highest BCUT2D eigenvalue weighted by Crippen LogP contribution is 2.23. The molecule has 0 atom stereocenters. The van der Waals surface area contributed by atoms with Crippen LogP contribution in [0.15, 0.2) is 66.9 Å². The number of para-hydroxylation sites is 1. The number of ether oxygens (including phenoxy) is 1. The van der Waals surface area contributed by atoms with E-state index in [0.717, 1.165) is 60.3 Å². The van der Waals surface area contributed by atoms with Crippen molar-refractivity contribution in [3.63, 3.8) is 0 Å². The number of likely N-dealkylation sites (tertiary alicyclic amines) is 1. The van der Waals surface area contributed by atoms with Gasteiger partial charge in [0.15, 0.2) is 5.78 Å². The second kappa shape index (κ2) is 9.65. The summed E-state index contributed by atoms with van der Waals surface area (Å²) < 4.78 is 5.33. The van der Waals surface area contributed by atoms with E-state index in [4.69, 9.17) is 9.72 Å². The number of aromatic nitrogens is 2. The van der Waals surface area contributed by atoms with Gasteiger partial charge in [-0.2, -0.15) is 0 Å². The SMILES string of the molecule is COc1ccc2nccc(C(=O)CN3CCC(NCc4ccc5ccccc5n4)CC3)c2c1. The van der Waals surface area contributed by atoms with Gasteiger partial charge in [-0.15, -0.1) is 0 Å². The Morgan fingerprint density at radius 1 is 1.06 bits per heavy atom. The molecular weight excluding hydrogens is 412 g/mol. The second-order valence-electron chi connectivity index (χ2n) is 8.59. The van der Waals surface area contributed by atoms with E-state index in [1.54, 1.807) is 13.3 Å². The summed E-state index contributed by atoms with van der Waals surface area (Å²) in [5, 5.41) is 5.66. The molecule has 0 spiro atoms.